The molecule has 0 aliphatic carbocycles. The molecule has 3 aromatic rings. The van der Waals surface area contributed by atoms with Crippen molar-refractivity contribution in [1.29, 1.82) is 0 Å². The first-order valence-corrected chi connectivity index (χ1v) is 8.09. The summed E-state index contributed by atoms with van der Waals surface area (Å²) in [7, 11) is 2.98. The maximum atomic E-state index is 12.2. The second kappa shape index (κ2) is 8.22. The highest BCUT2D eigenvalue weighted by Gasteiger charge is 2.17. The van der Waals surface area contributed by atoms with E-state index in [2.05, 4.69) is 5.10 Å². The summed E-state index contributed by atoms with van der Waals surface area (Å²) in [5.41, 5.74) is 0.347. The Hall–Kier alpha value is -3.55. The van der Waals surface area contributed by atoms with Gasteiger partial charge in [-0.1, -0.05) is 0 Å². The predicted octanol–water partition coefficient (Wildman–Crippen LogP) is 2.58. The van der Waals surface area contributed by atoms with Gasteiger partial charge in [0.15, 0.2) is 23.9 Å². The van der Waals surface area contributed by atoms with Crippen LogP contribution in [0, 0.1) is 0 Å². The van der Waals surface area contributed by atoms with Crippen molar-refractivity contribution in [2.24, 2.45) is 0 Å². The zero-order chi connectivity index (χ0) is 19.2. The van der Waals surface area contributed by atoms with Crippen molar-refractivity contribution >= 4 is 11.8 Å². The van der Waals surface area contributed by atoms with Crippen LogP contribution in [-0.2, 0) is 11.3 Å². The van der Waals surface area contributed by atoms with Gasteiger partial charge >= 0.3 is 5.97 Å². The lowest BCUT2D eigenvalue weighted by Gasteiger charge is -2.09. The average Bonchev–Trinajstić information content (AvgIpc) is 3.37. The molecule has 0 spiro atoms. The van der Waals surface area contributed by atoms with Gasteiger partial charge in [0.1, 0.15) is 5.76 Å². The number of Topliss-reactive ketones (excluding diaryl/α,β-unsaturated/α-hetero) is 1. The van der Waals surface area contributed by atoms with E-state index in [0.717, 1.165) is 0 Å². The van der Waals surface area contributed by atoms with Crippen molar-refractivity contribution in [3.8, 4) is 11.5 Å². The molecule has 8 nitrogen and oxygen atoms in total. The number of carbonyl (C=O) groups is 2. The van der Waals surface area contributed by atoms with Gasteiger partial charge in [-0.3, -0.25) is 9.48 Å². The summed E-state index contributed by atoms with van der Waals surface area (Å²) in [6.07, 6.45) is 3.43. The van der Waals surface area contributed by atoms with Crippen molar-refractivity contribution in [3.63, 3.8) is 0 Å². The van der Waals surface area contributed by atoms with E-state index in [4.69, 9.17) is 18.6 Å². The van der Waals surface area contributed by atoms with Crippen molar-refractivity contribution < 1.29 is 28.2 Å². The van der Waals surface area contributed by atoms with Crippen LogP contribution < -0.4 is 9.47 Å². The van der Waals surface area contributed by atoms with Crippen LogP contribution in [0.25, 0.3) is 0 Å². The van der Waals surface area contributed by atoms with E-state index in [9.17, 15) is 9.59 Å². The molecule has 0 aliphatic heterocycles. The number of ether oxygens (including phenoxy) is 3. The van der Waals surface area contributed by atoms with Crippen LogP contribution in [0.2, 0.25) is 0 Å². The highest BCUT2D eigenvalue weighted by Crippen LogP contribution is 2.27. The Morgan fingerprint density at radius 3 is 2.63 bits per heavy atom. The third kappa shape index (κ3) is 4.35. The molecule has 0 amide bonds. The van der Waals surface area contributed by atoms with Gasteiger partial charge in [-0.2, -0.15) is 5.10 Å². The number of ketones is 1. The Balaban J connectivity index is 1.59. The first-order chi connectivity index (χ1) is 13.1. The van der Waals surface area contributed by atoms with Gasteiger partial charge in [-0.15, -0.1) is 0 Å². The predicted molar refractivity (Wildman–Crippen MR) is 94.2 cm³/mol. The fraction of sp³-hybridized carbons (Fsp3) is 0.211. The number of rotatable bonds is 8. The Labute approximate surface area is 155 Å². The van der Waals surface area contributed by atoms with Gasteiger partial charge in [-0.05, 0) is 36.4 Å². The number of aromatic nitrogens is 2. The Morgan fingerprint density at radius 1 is 1.11 bits per heavy atom. The normalized spacial score (nSPS) is 10.4. The molecule has 0 saturated heterocycles. The van der Waals surface area contributed by atoms with Gasteiger partial charge in [-0.25, -0.2) is 4.79 Å². The van der Waals surface area contributed by atoms with E-state index >= 15 is 0 Å². The fourth-order valence-corrected chi connectivity index (χ4v) is 2.42. The summed E-state index contributed by atoms with van der Waals surface area (Å²) in [6.45, 7) is -0.0195. The Morgan fingerprint density at radius 2 is 1.93 bits per heavy atom. The molecule has 3 rings (SSSR count). The first kappa shape index (κ1) is 18.2. The van der Waals surface area contributed by atoms with Crippen LogP contribution in [0.1, 0.15) is 26.7 Å². The Kier molecular flexibility index (Phi) is 5.55. The van der Waals surface area contributed by atoms with E-state index in [-0.39, 0.29) is 11.5 Å². The lowest BCUT2D eigenvalue weighted by molar-refractivity contribution is 0.0442. The molecule has 0 bridgehead atoms. The number of esters is 1. The molecule has 0 aliphatic rings. The van der Waals surface area contributed by atoms with Crippen LogP contribution in [-0.4, -0.2) is 42.4 Å². The summed E-state index contributed by atoms with van der Waals surface area (Å²) in [5, 5.41) is 4.06. The third-order valence-electron chi connectivity index (χ3n) is 3.78. The molecule has 2 heterocycles. The van der Waals surface area contributed by atoms with Gasteiger partial charge in [0.25, 0.3) is 0 Å². The molecule has 0 radical (unpaired) electrons. The van der Waals surface area contributed by atoms with Crippen molar-refractivity contribution in [2.45, 2.75) is 6.54 Å². The van der Waals surface area contributed by atoms with E-state index in [1.54, 1.807) is 41.3 Å². The molecule has 2 aromatic heterocycles. The summed E-state index contributed by atoms with van der Waals surface area (Å²) in [4.78, 5) is 24.3. The second-order valence-electron chi connectivity index (χ2n) is 5.54. The molecule has 0 unspecified atom stereocenters. The standard InChI is InChI=1S/C19H18N2O6/c1-24-16-6-4-13(10-18(16)25-2)15(22)12-26-19(23)17-7-5-14(27-17)11-21-9-3-8-20-21/h3-10H,11-12H2,1-2H3. The minimum absolute atomic E-state index is 0.0252. The van der Waals surface area contributed by atoms with Crippen LogP contribution in [0.15, 0.2) is 53.2 Å². The zero-order valence-corrected chi connectivity index (χ0v) is 14.9. The molecule has 0 fully saturated rings. The lowest BCUT2D eigenvalue weighted by atomic mass is 10.1. The molecule has 0 N–H and O–H groups in total. The molecule has 0 atom stereocenters. The van der Waals surface area contributed by atoms with Gasteiger partial charge in [0.2, 0.25) is 5.76 Å². The zero-order valence-electron chi connectivity index (χ0n) is 14.9. The maximum Gasteiger partial charge on any atom is 0.374 e. The highest BCUT2D eigenvalue weighted by molar-refractivity contribution is 5.99. The number of nitrogens with zero attached hydrogens (tertiary/aromatic N) is 2. The number of hydrogen-bond acceptors (Lipinski definition) is 7. The van der Waals surface area contributed by atoms with Crippen LogP contribution >= 0.6 is 0 Å². The largest absolute Gasteiger partial charge is 0.493 e. The summed E-state index contributed by atoms with van der Waals surface area (Å²) in [6, 6.07) is 9.67. The van der Waals surface area contributed by atoms with Crippen LogP contribution in [0.4, 0.5) is 0 Å². The topological polar surface area (TPSA) is 92.8 Å². The van der Waals surface area contributed by atoms with Crippen LogP contribution in [0.5, 0.6) is 11.5 Å². The third-order valence-corrected chi connectivity index (χ3v) is 3.78. The summed E-state index contributed by atoms with van der Waals surface area (Å²) >= 11 is 0. The number of methoxy groups -OCH3 is 2. The quantitative estimate of drug-likeness (QED) is 0.444. The molecule has 0 saturated carbocycles. The smallest absolute Gasteiger partial charge is 0.374 e. The fourth-order valence-electron chi connectivity index (χ4n) is 2.42. The number of hydrogen-bond donors (Lipinski definition) is 0. The molecule has 140 valence electrons. The first-order valence-electron chi connectivity index (χ1n) is 8.09. The molecule has 8 heteroatoms. The van der Waals surface area contributed by atoms with Crippen LogP contribution in [0.3, 0.4) is 0 Å². The molecule has 1 aromatic carbocycles. The SMILES string of the molecule is COc1ccc(C(=O)COC(=O)c2ccc(Cn3cccn3)o2)cc1OC. The number of furan rings is 1. The Bertz CT molecular complexity index is 930. The summed E-state index contributed by atoms with van der Waals surface area (Å²) in [5.74, 6) is 0.424. The highest BCUT2D eigenvalue weighted by atomic mass is 16.5. The van der Waals surface area contributed by atoms with Crippen molar-refractivity contribution in [3.05, 3.63) is 65.9 Å². The van der Waals surface area contributed by atoms with Gasteiger partial charge < -0.3 is 18.6 Å². The minimum atomic E-state index is -0.712. The molecular weight excluding hydrogens is 352 g/mol. The van der Waals surface area contributed by atoms with E-state index in [1.807, 2.05) is 0 Å². The van der Waals surface area contributed by atoms with Crippen molar-refractivity contribution in [1.82, 2.24) is 9.78 Å². The number of benzene rings is 1. The second-order valence-corrected chi connectivity index (χ2v) is 5.54. The minimum Gasteiger partial charge on any atom is -0.493 e. The number of carbonyl (C=O) groups excluding carboxylic acids is 2. The maximum absolute atomic E-state index is 12.2. The van der Waals surface area contributed by atoms with Gasteiger partial charge in [0, 0.05) is 18.0 Å². The molecule has 27 heavy (non-hydrogen) atoms. The van der Waals surface area contributed by atoms with E-state index < -0.39 is 12.6 Å². The average molecular weight is 370 g/mol. The van der Waals surface area contributed by atoms with Crippen molar-refractivity contribution in [2.75, 3.05) is 20.8 Å². The summed E-state index contributed by atoms with van der Waals surface area (Å²) < 4.78 is 22.4. The monoisotopic (exact) mass is 370 g/mol. The molecular formula is C19H18N2O6. The van der Waals surface area contributed by atoms with E-state index in [0.29, 0.717) is 29.4 Å². The van der Waals surface area contributed by atoms with E-state index in [1.165, 1.54) is 26.4 Å². The van der Waals surface area contributed by atoms with Gasteiger partial charge in [0.05, 0.1) is 20.8 Å². The lowest BCUT2D eigenvalue weighted by Crippen LogP contribution is -2.14.